The molecule has 128 valence electrons. The number of nitrogens with zero attached hydrogens (tertiary/aromatic N) is 2. The fraction of sp³-hybridized carbons (Fsp3) is 0.381. The van der Waals surface area contributed by atoms with Crippen molar-refractivity contribution >= 4 is 16.6 Å². The highest BCUT2D eigenvalue weighted by molar-refractivity contribution is 5.84. The second-order valence-corrected chi connectivity index (χ2v) is 7.45. The quantitative estimate of drug-likeness (QED) is 0.758. The third-order valence-corrected chi connectivity index (χ3v) is 5.83. The van der Waals surface area contributed by atoms with Crippen molar-refractivity contribution in [3.05, 3.63) is 48.8 Å². The van der Waals surface area contributed by atoms with Crippen LogP contribution in [0, 0.1) is 5.92 Å². The zero-order chi connectivity index (χ0) is 16.6. The highest BCUT2D eigenvalue weighted by Gasteiger charge is 2.31. The van der Waals surface area contributed by atoms with Crippen LogP contribution >= 0.6 is 0 Å². The molecule has 3 atom stereocenters. The summed E-state index contributed by atoms with van der Waals surface area (Å²) < 4.78 is 0. The zero-order valence-corrected chi connectivity index (χ0v) is 14.4. The Balaban J connectivity index is 1.32. The van der Waals surface area contributed by atoms with Gasteiger partial charge in [0.05, 0.1) is 17.6 Å². The number of aromatic amines is 1. The molecule has 4 heteroatoms. The van der Waals surface area contributed by atoms with Gasteiger partial charge in [-0.05, 0) is 62.1 Å². The molecule has 1 unspecified atom stereocenters. The van der Waals surface area contributed by atoms with E-state index in [1.165, 1.54) is 55.4 Å². The number of rotatable bonds is 3. The van der Waals surface area contributed by atoms with Crippen molar-refractivity contribution in [3.63, 3.8) is 0 Å². The average Bonchev–Trinajstić information content (AvgIpc) is 3.13. The Morgan fingerprint density at radius 3 is 3.00 bits per heavy atom. The molecule has 2 aromatic heterocycles. The minimum atomic E-state index is 0.598. The lowest BCUT2D eigenvalue weighted by Crippen LogP contribution is -2.49. The lowest BCUT2D eigenvalue weighted by Gasteiger charge is -2.43. The van der Waals surface area contributed by atoms with Crippen molar-refractivity contribution in [1.82, 2.24) is 14.9 Å². The second-order valence-electron chi connectivity index (χ2n) is 7.45. The Bertz CT molecular complexity index is 867. The number of benzene rings is 1. The first-order valence-corrected chi connectivity index (χ1v) is 9.38. The van der Waals surface area contributed by atoms with Crippen molar-refractivity contribution in [2.75, 3.05) is 25.0 Å². The summed E-state index contributed by atoms with van der Waals surface area (Å²) in [4.78, 5) is 10.6. The molecular weight excluding hydrogens is 308 g/mol. The predicted molar refractivity (Wildman–Crippen MR) is 103 cm³/mol. The topological polar surface area (TPSA) is 44.0 Å². The van der Waals surface area contributed by atoms with Crippen molar-refractivity contribution in [1.29, 1.82) is 0 Å². The van der Waals surface area contributed by atoms with E-state index in [4.69, 9.17) is 4.98 Å². The molecule has 4 nitrogen and oxygen atoms in total. The molecule has 0 aliphatic carbocycles. The third kappa shape index (κ3) is 2.91. The Kier molecular flexibility index (Phi) is 3.71. The molecule has 0 spiro atoms. The second kappa shape index (κ2) is 6.19. The Hall–Kier alpha value is -2.33. The number of hydrogen-bond donors (Lipinski definition) is 2. The van der Waals surface area contributed by atoms with Crippen LogP contribution in [0.1, 0.15) is 19.3 Å². The van der Waals surface area contributed by atoms with E-state index < -0.39 is 0 Å². The van der Waals surface area contributed by atoms with Crippen LogP contribution in [0.3, 0.4) is 0 Å². The summed E-state index contributed by atoms with van der Waals surface area (Å²) in [5.41, 5.74) is 4.51. The number of anilines is 1. The van der Waals surface area contributed by atoms with Gasteiger partial charge in [0.15, 0.2) is 0 Å². The van der Waals surface area contributed by atoms with E-state index in [-0.39, 0.29) is 0 Å². The largest absolute Gasteiger partial charge is 0.381 e. The Morgan fingerprint density at radius 2 is 2.08 bits per heavy atom. The molecule has 0 saturated carbocycles. The molecule has 0 amide bonds. The van der Waals surface area contributed by atoms with Gasteiger partial charge in [0.2, 0.25) is 0 Å². The zero-order valence-electron chi connectivity index (χ0n) is 14.4. The molecule has 2 N–H and O–H groups in total. The van der Waals surface area contributed by atoms with Crippen molar-refractivity contribution in [2.24, 2.45) is 5.92 Å². The van der Waals surface area contributed by atoms with Crippen LogP contribution in [-0.2, 0) is 0 Å². The molecule has 2 bridgehead atoms. The molecule has 3 aromatic rings. The molecule has 4 heterocycles. The Morgan fingerprint density at radius 1 is 1.08 bits per heavy atom. The van der Waals surface area contributed by atoms with Gasteiger partial charge < -0.3 is 15.2 Å². The van der Waals surface area contributed by atoms with E-state index in [9.17, 15) is 0 Å². The first kappa shape index (κ1) is 15.0. The standard InChI is InChI=1S/C21H24N4/c1-2-17-14-25(10-1)11-8-21(17)24-18-4-6-20(23-13-18)15-3-5-19-16(12-15)7-9-22-19/h3-7,9,12-13,17,21-22,24H,1-2,8,10-11,14H2/t17-,21+/m1/s1. The minimum absolute atomic E-state index is 0.598. The first-order chi connectivity index (χ1) is 12.3. The van der Waals surface area contributed by atoms with E-state index in [1.807, 2.05) is 12.4 Å². The van der Waals surface area contributed by atoms with Crippen LogP contribution in [0.2, 0.25) is 0 Å². The number of fused-ring (bicyclic) bond motifs is 3. The maximum absolute atomic E-state index is 4.70. The van der Waals surface area contributed by atoms with Gasteiger partial charge in [-0.1, -0.05) is 6.07 Å². The highest BCUT2D eigenvalue weighted by Crippen LogP contribution is 2.29. The lowest BCUT2D eigenvalue weighted by molar-refractivity contribution is 0.113. The molecule has 5 rings (SSSR count). The van der Waals surface area contributed by atoms with Crippen molar-refractivity contribution in [3.8, 4) is 11.3 Å². The molecule has 0 radical (unpaired) electrons. The van der Waals surface area contributed by atoms with Crippen LogP contribution in [0.4, 0.5) is 5.69 Å². The number of piperidine rings is 2. The summed E-state index contributed by atoms with van der Waals surface area (Å²) in [5.74, 6) is 0.790. The normalized spacial score (nSPS) is 25.8. The fourth-order valence-corrected chi connectivity index (χ4v) is 4.45. The SMILES string of the molecule is c1cc2cc(-c3ccc(N[C@H]4CCN5CCC[C@@H]4C5)cn3)ccc2[nH]1. The van der Waals surface area contributed by atoms with Crippen LogP contribution in [0.5, 0.6) is 0 Å². The highest BCUT2D eigenvalue weighted by atomic mass is 15.2. The number of hydrogen-bond acceptors (Lipinski definition) is 3. The van der Waals surface area contributed by atoms with E-state index in [0.29, 0.717) is 6.04 Å². The van der Waals surface area contributed by atoms with Gasteiger partial charge in [-0.2, -0.15) is 0 Å². The third-order valence-electron chi connectivity index (χ3n) is 5.83. The van der Waals surface area contributed by atoms with Gasteiger partial charge in [0.1, 0.15) is 0 Å². The fourth-order valence-electron chi connectivity index (χ4n) is 4.45. The first-order valence-electron chi connectivity index (χ1n) is 9.38. The van der Waals surface area contributed by atoms with Crippen LogP contribution in [0.25, 0.3) is 22.2 Å². The van der Waals surface area contributed by atoms with E-state index in [0.717, 1.165) is 17.3 Å². The molecule has 2 saturated heterocycles. The van der Waals surface area contributed by atoms with E-state index in [2.05, 4.69) is 51.6 Å². The number of aromatic nitrogens is 2. The summed E-state index contributed by atoms with van der Waals surface area (Å²) in [6.07, 6.45) is 7.92. The summed E-state index contributed by atoms with van der Waals surface area (Å²) >= 11 is 0. The maximum atomic E-state index is 4.70. The van der Waals surface area contributed by atoms with Gasteiger partial charge in [0, 0.05) is 41.8 Å². The lowest BCUT2D eigenvalue weighted by atomic mass is 9.85. The molecule has 2 aliphatic heterocycles. The summed E-state index contributed by atoms with van der Waals surface area (Å²) in [6, 6.07) is 13.5. The van der Waals surface area contributed by atoms with Crippen LogP contribution in [-0.4, -0.2) is 40.5 Å². The maximum Gasteiger partial charge on any atom is 0.0703 e. The van der Waals surface area contributed by atoms with E-state index >= 15 is 0 Å². The van der Waals surface area contributed by atoms with Gasteiger partial charge in [0.25, 0.3) is 0 Å². The van der Waals surface area contributed by atoms with Gasteiger partial charge in [-0.15, -0.1) is 0 Å². The number of H-pyrrole nitrogens is 1. The predicted octanol–water partition coefficient (Wildman–Crippen LogP) is 4.13. The van der Waals surface area contributed by atoms with Crippen molar-refractivity contribution < 1.29 is 0 Å². The molecule has 2 aliphatic rings. The van der Waals surface area contributed by atoms with Gasteiger partial charge >= 0.3 is 0 Å². The molecule has 25 heavy (non-hydrogen) atoms. The average molecular weight is 332 g/mol. The van der Waals surface area contributed by atoms with Crippen molar-refractivity contribution in [2.45, 2.75) is 25.3 Å². The monoisotopic (exact) mass is 332 g/mol. The number of nitrogens with one attached hydrogen (secondary N) is 2. The van der Waals surface area contributed by atoms with Gasteiger partial charge in [-0.25, -0.2) is 0 Å². The van der Waals surface area contributed by atoms with Crippen LogP contribution < -0.4 is 5.32 Å². The molecule has 2 fully saturated rings. The summed E-state index contributed by atoms with van der Waals surface area (Å²) in [7, 11) is 0. The van der Waals surface area contributed by atoms with Crippen LogP contribution in [0.15, 0.2) is 48.8 Å². The Labute approximate surface area is 148 Å². The summed E-state index contributed by atoms with van der Waals surface area (Å²) in [5, 5.41) is 4.97. The summed E-state index contributed by atoms with van der Waals surface area (Å²) in [6.45, 7) is 3.79. The van der Waals surface area contributed by atoms with E-state index in [1.54, 1.807) is 0 Å². The molecule has 1 aromatic carbocycles. The van der Waals surface area contributed by atoms with Gasteiger partial charge in [-0.3, -0.25) is 4.98 Å². The number of pyridine rings is 1. The smallest absolute Gasteiger partial charge is 0.0703 e. The molecular formula is C21H24N4. The minimum Gasteiger partial charge on any atom is -0.381 e.